The first kappa shape index (κ1) is 11.3. The molecule has 0 amide bonds. The third-order valence-corrected chi connectivity index (χ3v) is 2.95. The average molecular weight is 281 g/mol. The van der Waals surface area contributed by atoms with E-state index in [-0.39, 0.29) is 0 Å². The highest BCUT2D eigenvalue weighted by atomic mass is 79.9. The van der Waals surface area contributed by atoms with Crippen LogP contribution in [0.15, 0.2) is 34.9 Å². The van der Waals surface area contributed by atoms with Gasteiger partial charge in [0.2, 0.25) is 0 Å². The summed E-state index contributed by atoms with van der Waals surface area (Å²) in [5.41, 5.74) is 7.42. The average Bonchev–Trinajstić information content (AvgIpc) is 2.75. The maximum Gasteiger partial charge on any atom is 0.0832 e. The van der Waals surface area contributed by atoms with Gasteiger partial charge in [-0.05, 0) is 47.4 Å². The molecule has 0 unspecified atom stereocenters. The Morgan fingerprint density at radius 2 is 2.12 bits per heavy atom. The minimum absolute atomic E-state index is 0.682. The summed E-state index contributed by atoms with van der Waals surface area (Å²) >= 11 is 3.49. The highest BCUT2D eigenvalue weighted by molar-refractivity contribution is 9.10. The van der Waals surface area contributed by atoms with Crippen LogP contribution in [-0.2, 0) is 6.42 Å². The molecule has 1 aromatic heterocycles. The maximum absolute atomic E-state index is 5.46. The summed E-state index contributed by atoms with van der Waals surface area (Å²) in [5.74, 6) is 0. The topological polar surface area (TPSA) is 56.7 Å². The SMILES string of the molecule is NCCCc1cn(-c2ccccc2Br)nn1. The highest BCUT2D eigenvalue weighted by Crippen LogP contribution is 2.19. The predicted molar refractivity (Wildman–Crippen MR) is 66.4 cm³/mol. The van der Waals surface area contributed by atoms with Crippen LogP contribution in [0.3, 0.4) is 0 Å². The van der Waals surface area contributed by atoms with Crippen LogP contribution in [0, 0.1) is 0 Å². The van der Waals surface area contributed by atoms with Crippen LogP contribution in [0.4, 0.5) is 0 Å². The van der Waals surface area contributed by atoms with Crippen LogP contribution >= 0.6 is 15.9 Å². The van der Waals surface area contributed by atoms with Crippen LogP contribution in [0.5, 0.6) is 0 Å². The van der Waals surface area contributed by atoms with Crippen LogP contribution in [0.2, 0.25) is 0 Å². The molecule has 16 heavy (non-hydrogen) atoms. The Balaban J connectivity index is 2.22. The molecule has 0 saturated heterocycles. The van der Waals surface area contributed by atoms with Gasteiger partial charge in [-0.3, -0.25) is 0 Å². The molecule has 4 nitrogen and oxygen atoms in total. The predicted octanol–water partition coefficient (Wildman–Crippen LogP) is 1.92. The van der Waals surface area contributed by atoms with Crippen molar-refractivity contribution in [3.8, 4) is 5.69 Å². The van der Waals surface area contributed by atoms with Gasteiger partial charge >= 0.3 is 0 Å². The van der Waals surface area contributed by atoms with E-state index in [4.69, 9.17) is 5.73 Å². The number of hydrogen-bond acceptors (Lipinski definition) is 3. The van der Waals surface area contributed by atoms with Gasteiger partial charge < -0.3 is 5.73 Å². The molecule has 0 aliphatic rings. The molecule has 0 radical (unpaired) electrons. The number of hydrogen-bond donors (Lipinski definition) is 1. The van der Waals surface area contributed by atoms with E-state index in [1.165, 1.54) is 0 Å². The lowest BCUT2D eigenvalue weighted by Gasteiger charge is -2.01. The van der Waals surface area contributed by atoms with Crippen LogP contribution < -0.4 is 5.73 Å². The summed E-state index contributed by atoms with van der Waals surface area (Å²) in [6, 6.07) is 7.92. The zero-order valence-electron chi connectivity index (χ0n) is 8.81. The lowest BCUT2D eigenvalue weighted by Crippen LogP contribution is -2.00. The number of rotatable bonds is 4. The molecule has 1 aromatic carbocycles. The Morgan fingerprint density at radius 3 is 2.88 bits per heavy atom. The minimum atomic E-state index is 0.682. The van der Waals surface area contributed by atoms with Crippen molar-refractivity contribution in [3.05, 3.63) is 40.6 Å². The van der Waals surface area contributed by atoms with Crippen molar-refractivity contribution in [2.45, 2.75) is 12.8 Å². The second-order valence-electron chi connectivity index (χ2n) is 3.50. The maximum atomic E-state index is 5.46. The molecular weight excluding hydrogens is 268 g/mol. The van der Waals surface area contributed by atoms with E-state index in [0.717, 1.165) is 28.7 Å². The Bertz CT molecular complexity index is 467. The molecule has 0 aliphatic carbocycles. The van der Waals surface area contributed by atoms with Gasteiger partial charge in [0, 0.05) is 4.47 Å². The van der Waals surface area contributed by atoms with Gasteiger partial charge in [0.05, 0.1) is 17.6 Å². The first-order valence-electron chi connectivity index (χ1n) is 5.17. The highest BCUT2D eigenvalue weighted by Gasteiger charge is 2.04. The Labute approximate surface area is 103 Å². The van der Waals surface area contributed by atoms with Crippen molar-refractivity contribution in [3.63, 3.8) is 0 Å². The molecule has 0 fully saturated rings. The first-order chi connectivity index (χ1) is 7.81. The largest absolute Gasteiger partial charge is 0.330 e. The first-order valence-corrected chi connectivity index (χ1v) is 5.97. The summed E-state index contributed by atoms with van der Waals surface area (Å²) in [5, 5.41) is 8.20. The third kappa shape index (κ3) is 2.48. The molecule has 0 spiro atoms. The van der Waals surface area contributed by atoms with E-state index in [2.05, 4.69) is 26.2 Å². The second-order valence-corrected chi connectivity index (χ2v) is 4.35. The van der Waals surface area contributed by atoms with E-state index in [9.17, 15) is 0 Å². The smallest absolute Gasteiger partial charge is 0.0832 e. The number of halogens is 1. The summed E-state index contributed by atoms with van der Waals surface area (Å²) in [6.07, 6.45) is 3.76. The molecular formula is C11H13BrN4. The molecule has 0 aliphatic heterocycles. The van der Waals surface area contributed by atoms with Crippen LogP contribution in [0.1, 0.15) is 12.1 Å². The van der Waals surface area contributed by atoms with Gasteiger partial charge in [-0.15, -0.1) is 5.10 Å². The standard InChI is InChI=1S/C11H13BrN4/c12-10-5-1-2-6-11(10)16-8-9(14-15-16)4-3-7-13/h1-2,5-6,8H,3-4,7,13H2. The summed E-state index contributed by atoms with van der Waals surface area (Å²) in [7, 11) is 0. The number of aryl methyl sites for hydroxylation is 1. The van der Waals surface area contributed by atoms with Crippen molar-refractivity contribution >= 4 is 15.9 Å². The molecule has 0 atom stereocenters. The van der Waals surface area contributed by atoms with Crippen molar-refractivity contribution in [1.82, 2.24) is 15.0 Å². The van der Waals surface area contributed by atoms with E-state index >= 15 is 0 Å². The number of benzene rings is 1. The van der Waals surface area contributed by atoms with Gasteiger partial charge in [-0.25, -0.2) is 4.68 Å². The molecule has 0 saturated carbocycles. The molecule has 0 bridgehead atoms. The fraction of sp³-hybridized carbons (Fsp3) is 0.273. The molecule has 1 heterocycles. The zero-order valence-corrected chi connectivity index (χ0v) is 10.4. The normalized spacial score (nSPS) is 10.6. The third-order valence-electron chi connectivity index (χ3n) is 2.28. The Kier molecular flexibility index (Phi) is 3.69. The van der Waals surface area contributed by atoms with Crippen molar-refractivity contribution in [1.29, 1.82) is 0 Å². The fourth-order valence-corrected chi connectivity index (χ4v) is 1.92. The summed E-state index contributed by atoms with van der Waals surface area (Å²) in [6.45, 7) is 0.682. The monoisotopic (exact) mass is 280 g/mol. The van der Waals surface area contributed by atoms with Crippen molar-refractivity contribution in [2.24, 2.45) is 5.73 Å². The molecule has 2 N–H and O–H groups in total. The molecule has 2 aromatic rings. The second kappa shape index (κ2) is 5.23. The van der Waals surface area contributed by atoms with E-state index < -0.39 is 0 Å². The number of para-hydroxylation sites is 1. The number of nitrogens with zero attached hydrogens (tertiary/aromatic N) is 3. The van der Waals surface area contributed by atoms with Crippen LogP contribution in [0.25, 0.3) is 5.69 Å². The van der Waals surface area contributed by atoms with Crippen LogP contribution in [-0.4, -0.2) is 21.5 Å². The van der Waals surface area contributed by atoms with E-state index in [0.29, 0.717) is 6.54 Å². The van der Waals surface area contributed by atoms with Gasteiger partial charge in [0.1, 0.15) is 0 Å². The van der Waals surface area contributed by atoms with Crippen molar-refractivity contribution in [2.75, 3.05) is 6.54 Å². The minimum Gasteiger partial charge on any atom is -0.330 e. The Hall–Kier alpha value is -1.20. The lowest BCUT2D eigenvalue weighted by molar-refractivity contribution is 0.777. The summed E-state index contributed by atoms with van der Waals surface area (Å²) in [4.78, 5) is 0. The molecule has 5 heteroatoms. The van der Waals surface area contributed by atoms with Gasteiger partial charge in [0.25, 0.3) is 0 Å². The van der Waals surface area contributed by atoms with Crippen molar-refractivity contribution < 1.29 is 0 Å². The van der Waals surface area contributed by atoms with E-state index in [1.54, 1.807) is 4.68 Å². The fourth-order valence-electron chi connectivity index (χ4n) is 1.45. The summed E-state index contributed by atoms with van der Waals surface area (Å²) < 4.78 is 2.78. The number of nitrogens with two attached hydrogens (primary N) is 1. The number of aromatic nitrogens is 3. The zero-order chi connectivity index (χ0) is 11.4. The van der Waals surface area contributed by atoms with Gasteiger partial charge in [-0.1, -0.05) is 17.3 Å². The van der Waals surface area contributed by atoms with Gasteiger partial charge in [0.15, 0.2) is 0 Å². The molecule has 2 rings (SSSR count). The van der Waals surface area contributed by atoms with Gasteiger partial charge in [-0.2, -0.15) is 0 Å². The molecule has 84 valence electrons. The quantitative estimate of drug-likeness (QED) is 0.931. The lowest BCUT2D eigenvalue weighted by atomic mass is 10.2. The Morgan fingerprint density at radius 1 is 1.31 bits per heavy atom. The van der Waals surface area contributed by atoms with E-state index in [1.807, 2.05) is 30.5 Å².